The Morgan fingerprint density at radius 1 is 1.00 bits per heavy atom. The molecule has 1 heterocycles. The Labute approximate surface area is 179 Å². The topological polar surface area (TPSA) is 81.7 Å². The van der Waals surface area contributed by atoms with Crippen molar-refractivity contribution in [3.05, 3.63) is 101 Å². The zero-order chi connectivity index (χ0) is 21.8. The standard InChI is InChI=1S/C25H21NO5/c1-2-30-24(28)17-8-11-20(12-9-17)26-23(27)18-10-13-21-19(14-18)15-22(31-25(21)29)16-6-4-3-5-7-16/h3-14,22H,2,15H2,1H3,(H,26,27)/t22-/m1/s1. The van der Waals surface area contributed by atoms with E-state index in [1.54, 1.807) is 49.4 Å². The number of benzene rings is 3. The summed E-state index contributed by atoms with van der Waals surface area (Å²) in [5.41, 5.74) is 3.57. The minimum Gasteiger partial charge on any atom is -0.462 e. The fourth-order valence-corrected chi connectivity index (χ4v) is 3.50. The lowest BCUT2D eigenvalue weighted by Crippen LogP contribution is -2.23. The molecule has 4 rings (SSSR count). The highest BCUT2D eigenvalue weighted by molar-refractivity contribution is 6.05. The van der Waals surface area contributed by atoms with E-state index in [2.05, 4.69) is 5.32 Å². The Hall–Kier alpha value is -3.93. The number of anilines is 1. The number of hydrogen-bond donors (Lipinski definition) is 1. The van der Waals surface area contributed by atoms with E-state index in [0.29, 0.717) is 35.4 Å². The van der Waals surface area contributed by atoms with Crippen LogP contribution in [0.15, 0.2) is 72.8 Å². The first-order valence-electron chi connectivity index (χ1n) is 10.0. The Kier molecular flexibility index (Phi) is 5.80. The highest BCUT2D eigenvalue weighted by Crippen LogP contribution is 2.31. The first-order valence-corrected chi connectivity index (χ1v) is 10.0. The fraction of sp³-hybridized carbons (Fsp3) is 0.160. The van der Waals surface area contributed by atoms with E-state index >= 15 is 0 Å². The minimum atomic E-state index is -0.407. The molecule has 0 bridgehead atoms. The molecule has 0 fully saturated rings. The van der Waals surface area contributed by atoms with Gasteiger partial charge in [0.05, 0.1) is 17.7 Å². The largest absolute Gasteiger partial charge is 0.462 e. The van der Waals surface area contributed by atoms with E-state index in [1.807, 2.05) is 30.3 Å². The second-order valence-corrected chi connectivity index (χ2v) is 7.13. The van der Waals surface area contributed by atoms with Gasteiger partial charge in [-0.15, -0.1) is 0 Å². The normalized spacial score (nSPS) is 14.9. The number of fused-ring (bicyclic) bond motifs is 1. The molecule has 0 spiro atoms. The summed E-state index contributed by atoms with van der Waals surface area (Å²) in [7, 11) is 0. The predicted molar refractivity (Wildman–Crippen MR) is 115 cm³/mol. The molecule has 0 saturated heterocycles. The number of carbonyl (C=O) groups is 3. The molecule has 31 heavy (non-hydrogen) atoms. The predicted octanol–water partition coefficient (Wildman–Crippen LogP) is 4.57. The lowest BCUT2D eigenvalue weighted by Gasteiger charge is -2.25. The number of amides is 1. The Balaban J connectivity index is 1.50. The van der Waals surface area contributed by atoms with E-state index < -0.39 is 11.9 Å². The lowest BCUT2D eigenvalue weighted by molar-refractivity contribution is 0.0252. The van der Waals surface area contributed by atoms with Gasteiger partial charge in [0.2, 0.25) is 0 Å². The van der Waals surface area contributed by atoms with Crippen LogP contribution in [-0.4, -0.2) is 24.5 Å². The molecule has 0 unspecified atom stereocenters. The first-order chi connectivity index (χ1) is 15.0. The number of rotatable bonds is 5. The second kappa shape index (κ2) is 8.83. The maximum absolute atomic E-state index is 12.7. The second-order valence-electron chi connectivity index (χ2n) is 7.13. The molecule has 1 atom stereocenters. The quantitative estimate of drug-likeness (QED) is 0.618. The van der Waals surface area contributed by atoms with Crippen molar-refractivity contribution in [3.63, 3.8) is 0 Å². The fourth-order valence-electron chi connectivity index (χ4n) is 3.50. The van der Waals surface area contributed by atoms with Gasteiger partial charge in [0.1, 0.15) is 6.10 Å². The number of cyclic esters (lactones) is 1. The van der Waals surface area contributed by atoms with Crippen molar-refractivity contribution in [2.45, 2.75) is 19.4 Å². The molecule has 6 nitrogen and oxygen atoms in total. The van der Waals surface area contributed by atoms with Gasteiger partial charge in [-0.1, -0.05) is 30.3 Å². The maximum Gasteiger partial charge on any atom is 0.339 e. The van der Waals surface area contributed by atoms with E-state index in [0.717, 1.165) is 11.1 Å². The van der Waals surface area contributed by atoms with Crippen LogP contribution in [-0.2, 0) is 15.9 Å². The molecule has 1 aliphatic rings. The summed E-state index contributed by atoms with van der Waals surface area (Å²) in [6.45, 7) is 2.04. The van der Waals surface area contributed by atoms with Crippen molar-refractivity contribution < 1.29 is 23.9 Å². The summed E-state index contributed by atoms with van der Waals surface area (Å²) in [6.07, 6.45) is 0.121. The minimum absolute atomic E-state index is 0.300. The summed E-state index contributed by atoms with van der Waals surface area (Å²) in [4.78, 5) is 36.9. The van der Waals surface area contributed by atoms with Gasteiger partial charge in [-0.2, -0.15) is 0 Å². The first kappa shape index (κ1) is 20.3. The van der Waals surface area contributed by atoms with Crippen LogP contribution in [0.25, 0.3) is 0 Å². The van der Waals surface area contributed by atoms with E-state index in [1.165, 1.54) is 0 Å². The molecular weight excluding hydrogens is 394 g/mol. The van der Waals surface area contributed by atoms with Gasteiger partial charge in [-0.25, -0.2) is 9.59 Å². The number of ether oxygens (including phenoxy) is 2. The van der Waals surface area contributed by atoms with Gasteiger partial charge in [-0.05, 0) is 60.5 Å². The summed E-state index contributed by atoms with van der Waals surface area (Å²) >= 11 is 0. The average Bonchev–Trinajstić information content (AvgIpc) is 2.80. The van der Waals surface area contributed by atoms with Crippen LogP contribution in [0.3, 0.4) is 0 Å². The van der Waals surface area contributed by atoms with Crippen molar-refractivity contribution in [2.75, 3.05) is 11.9 Å². The van der Waals surface area contributed by atoms with E-state index in [9.17, 15) is 14.4 Å². The van der Waals surface area contributed by atoms with Crippen LogP contribution < -0.4 is 5.32 Å². The Bertz CT molecular complexity index is 1120. The van der Waals surface area contributed by atoms with Crippen molar-refractivity contribution in [1.82, 2.24) is 0 Å². The molecule has 0 radical (unpaired) electrons. The summed E-state index contributed by atoms with van der Waals surface area (Å²) in [6, 6.07) is 21.0. The Morgan fingerprint density at radius 3 is 2.42 bits per heavy atom. The van der Waals surface area contributed by atoms with Crippen LogP contribution in [0.4, 0.5) is 5.69 Å². The third-order valence-electron chi connectivity index (χ3n) is 5.07. The third kappa shape index (κ3) is 4.48. The number of carbonyl (C=O) groups excluding carboxylic acids is 3. The van der Waals surface area contributed by atoms with Crippen LogP contribution in [0, 0.1) is 0 Å². The molecule has 6 heteroatoms. The van der Waals surface area contributed by atoms with Crippen molar-refractivity contribution in [3.8, 4) is 0 Å². The molecule has 1 aliphatic heterocycles. The van der Waals surface area contributed by atoms with Gasteiger partial charge >= 0.3 is 11.9 Å². The van der Waals surface area contributed by atoms with E-state index in [4.69, 9.17) is 9.47 Å². The van der Waals surface area contributed by atoms with Crippen LogP contribution >= 0.6 is 0 Å². The summed E-state index contributed by atoms with van der Waals surface area (Å²) in [5.74, 6) is -1.10. The molecule has 0 aromatic heterocycles. The highest BCUT2D eigenvalue weighted by atomic mass is 16.5. The Morgan fingerprint density at radius 2 is 1.71 bits per heavy atom. The van der Waals surface area contributed by atoms with Gasteiger partial charge in [0.15, 0.2) is 0 Å². The summed E-state index contributed by atoms with van der Waals surface area (Å²) in [5, 5.41) is 2.81. The number of nitrogens with one attached hydrogen (secondary N) is 1. The van der Waals surface area contributed by atoms with E-state index in [-0.39, 0.29) is 12.0 Å². The van der Waals surface area contributed by atoms with Crippen LogP contribution in [0.2, 0.25) is 0 Å². The zero-order valence-corrected chi connectivity index (χ0v) is 17.0. The molecule has 0 saturated carbocycles. The van der Waals surface area contributed by atoms with Crippen LogP contribution in [0.5, 0.6) is 0 Å². The molecule has 0 aliphatic carbocycles. The smallest absolute Gasteiger partial charge is 0.339 e. The molecule has 156 valence electrons. The van der Waals surface area contributed by atoms with Gasteiger partial charge in [-0.3, -0.25) is 4.79 Å². The maximum atomic E-state index is 12.7. The van der Waals surface area contributed by atoms with Gasteiger partial charge in [0, 0.05) is 17.7 Å². The average molecular weight is 415 g/mol. The van der Waals surface area contributed by atoms with Crippen molar-refractivity contribution in [2.24, 2.45) is 0 Å². The lowest BCUT2D eigenvalue weighted by atomic mass is 9.93. The number of esters is 2. The zero-order valence-electron chi connectivity index (χ0n) is 17.0. The highest BCUT2D eigenvalue weighted by Gasteiger charge is 2.28. The molecule has 1 N–H and O–H groups in total. The monoisotopic (exact) mass is 415 g/mol. The SMILES string of the molecule is CCOC(=O)c1ccc(NC(=O)c2ccc3c(c2)C[C@H](c2ccccc2)OC3=O)cc1. The number of hydrogen-bond acceptors (Lipinski definition) is 5. The molecule has 3 aromatic rings. The van der Waals surface area contributed by atoms with Crippen molar-refractivity contribution >= 4 is 23.5 Å². The van der Waals surface area contributed by atoms with Crippen molar-refractivity contribution in [1.29, 1.82) is 0 Å². The van der Waals surface area contributed by atoms with Gasteiger partial charge < -0.3 is 14.8 Å². The molecule has 3 aromatic carbocycles. The van der Waals surface area contributed by atoms with Gasteiger partial charge in [0.25, 0.3) is 5.91 Å². The molecule has 1 amide bonds. The third-order valence-corrected chi connectivity index (χ3v) is 5.07. The summed E-state index contributed by atoms with van der Waals surface area (Å²) < 4.78 is 10.5. The molecular formula is C25H21NO5. The van der Waals surface area contributed by atoms with Crippen LogP contribution in [0.1, 0.15) is 55.2 Å².